The number of hydrogen-bond acceptors (Lipinski definition) is 5. The van der Waals surface area contributed by atoms with Gasteiger partial charge < -0.3 is 4.74 Å². The van der Waals surface area contributed by atoms with E-state index in [9.17, 15) is 16.8 Å². The van der Waals surface area contributed by atoms with Crippen molar-refractivity contribution in [1.82, 2.24) is 4.31 Å². The van der Waals surface area contributed by atoms with Gasteiger partial charge in [0, 0.05) is 19.5 Å². The molecular formula is C20H20N2O5S2. The van der Waals surface area contributed by atoms with E-state index in [0.717, 1.165) is 15.1 Å². The monoisotopic (exact) mass is 432 g/mol. The number of rotatable bonds is 6. The molecule has 0 bridgehead atoms. The zero-order valence-electron chi connectivity index (χ0n) is 15.9. The second-order valence-corrected chi connectivity index (χ2v) is 10.8. The van der Waals surface area contributed by atoms with Crippen molar-refractivity contribution in [1.29, 1.82) is 0 Å². The highest BCUT2D eigenvalue weighted by Crippen LogP contribution is 2.41. The van der Waals surface area contributed by atoms with E-state index in [1.807, 2.05) is 18.2 Å². The van der Waals surface area contributed by atoms with Crippen LogP contribution >= 0.6 is 0 Å². The molecular weight excluding hydrogens is 412 g/mol. The highest BCUT2D eigenvalue weighted by atomic mass is 32.2. The molecule has 0 unspecified atom stereocenters. The summed E-state index contributed by atoms with van der Waals surface area (Å²) in [5.41, 5.74) is 0.647. The quantitative estimate of drug-likeness (QED) is 0.598. The van der Waals surface area contributed by atoms with E-state index in [4.69, 9.17) is 4.74 Å². The summed E-state index contributed by atoms with van der Waals surface area (Å²) in [6.45, 7) is 0.275. The summed E-state index contributed by atoms with van der Waals surface area (Å²) < 4.78 is 58.2. The first-order valence-electron chi connectivity index (χ1n) is 8.93. The lowest BCUT2D eigenvalue weighted by Gasteiger charge is -2.19. The number of ether oxygens (including phenoxy) is 1. The van der Waals surface area contributed by atoms with Gasteiger partial charge in [-0.15, -0.1) is 0 Å². The van der Waals surface area contributed by atoms with Crippen molar-refractivity contribution < 1.29 is 21.6 Å². The highest BCUT2D eigenvalue weighted by molar-refractivity contribution is 7.93. The minimum atomic E-state index is -3.62. The van der Waals surface area contributed by atoms with Crippen LogP contribution in [0.4, 0.5) is 5.69 Å². The Morgan fingerprint density at radius 3 is 2.28 bits per heavy atom. The van der Waals surface area contributed by atoms with E-state index < -0.39 is 20.0 Å². The molecule has 3 aromatic rings. The Bertz CT molecular complexity index is 1280. The average Bonchev–Trinajstić information content (AvgIpc) is 2.91. The van der Waals surface area contributed by atoms with Gasteiger partial charge in [-0.2, -0.15) is 0 Å². The van der Waals surface area contributed by atoms with E-state index in [2.05, 4.69) is 0 Å². The van der Waals surface area contributed by atoms with Gasteiger partial charge in [-0.25, -0.2) is 21.1 Å². The molecule has 1 heterocycles. The first-order chi connectivity index (χ1) is 13.7. The second kappa shape index (κ2) is 7.01. The predicted molar refractivity (Wildman–Crippen MR) is 111 cm³/mol. The standard InChI is InChI=1S/C20H20N2O5S2/c1-21(2)28(23,24)17-11-9-16(10-12-17)27-14-13-22-18-7-3-5-15-6-4-8-19(20(15)18)29(22,25)26/h3-12H,13-14H2,1-2H3. The number of hydrogen-bond donors (Lipinski definition) is 0. The molecule has 1 aliphatic heterocycles. The summed E-state index contributed by atoms with van der Waals surface area (Å²) in [4.78, 5) is 0.475. The van der Waals surface area contributed by atoms with E-state index >= 15 is 0 Å². The predicted octanol–water partition coefficient (Wildman–Crippen LogP) is 2.68. The maximum atomic E-state index is 12.9. The van der Waals surface area contributed by atoms with Gasteiger partial charge in [-0.05, 0) is 41.8 Å². The lowest BCUT2D eigenvalue weighted by molar-refractivity contribution is 0.328. The molecule has 0 atom stereocenters. The summed E-state index contributed by atoms with van der Waals surface area (Å²) in [6, 6.07) is 16.8. The van der Waals surface area contributed by atoms with E-state index in [1.165, 1.54) is 30.5 Å². The Hall–Kier alpha value is -2.62. The van der Waals surface area contributed by atoms with E-state index in [0.29, 0.717) is 16.3 Å². The summed E-state index contributed by atoms with van der Waals surface area (Å²) in [6.07, 6.45) is 0. The molecule has 0 N–H and O–H groups in total. The highest BCUT2D eigenvalue weighted by Gasteiger charge is 2.35. The summed E-state index contributed by atoms with van der Waals surface area (Å²) in [5, 5.41) is 1.61. The summed E-state index contributed by atoms with van der Waals surface area (Å²) >= 11 is 0. The van der Waals surface area contributed by atoms with Gasteiger partial charge in [0.05, 0.1) is 22.0 Å². The maximum Gasteiger partial charge on any atom is 0.265 e. The van der Waals surface area contributed by atoms with E-state index in [1.54, 1.807) is 30.3 Å². The molecule has 0 aromatic heterocycles. The molecule has 0 saturated heterocycles. The SMILES string of the molecule is CN(C)S(=O)(=O)c1ccc(OCCN2c3cccc4cccc(c34)S2(=O)=O)cc1. The van der Waals surface area contributed by atoms with Crippen molar-refractivity contribution in [2.24, 2.45) is 0 Å². The van der Waals surface area contributed by atoms with Crippen LogP contribution < -0.4 is 9.04 Å². The second-order valence-electron chi connectivity index (χ2n) is 6.82. The van der Waals surface area contributed by atoms with Crippen molar-refractivity contribution in [3.63, 3.8) is 0 Å². The minimum absolute atomic E-state index is 0.128. The molecule has 4 rings (SSSR count). The first kappa shape index (κ1) is 19.7. The lowest BCUT2D eigenvalue weighted by Crippen LogP contribution is -2.31. The van der Waals surface area contributed by atoms with Crippen LogP contribution in [0.2, 0.25) is 0 Å². The van der Waals surface area contributed by atoms with Gasteiger partial charge in [-0.1, -0.05) is 24.3 Å². The van der Waals surface area contributed by atoms with Crippen LogP contribution in [0.5, 0.6) is 5.75 Å². The third-order valence-corrected chi connectivity index (χ3v) is 8.53. The van der Waals surface area contributed by atoms with Crippen LogP contribution in [0.15, 0.2) is 70.5 Å². The molecule has 1 aliphatic rings. The van der Waals surface area contributed by atoms with Gasteiger partial charge in [0.2, 0.25) is 10.0 Å². The molecule has 29 heavy (non-hydrogen) atoms. The fraction of sp³-hybridized carbons (Fsp3) is 0.200. The molecule has 7 nitrogen and oxygen atoms in total. The van der Waals surface area contributed by atoms with Crippen LogP contribution in [0.1, 0.15) is 0 Å². The fourth-order valence-corrected chi connectivity index (χ4v) is 5.96. The smallest absolute Gasteiger partial charge is 0.265 e. The van der Waals surface area contributed by atoms with Crippen molar-refractivity contribution in [2.75, 3.05) is 31.6 Å². The fourth-order valence-electron chi connectivity index (χ4n) is 3.36. The zero-order valence-corrected chi connectivity index (χ0v) is 17.6. The van der Waals surface area contributed by atoms with Crippen LogP contribution in [0.25, 0.3) is 10.8 Å². The average molecular weight is 433 g/mol. The van der Waals surface area contributed by atoms with Crippen molar-refractivity contribution >= 4 is 36.5 Å². The van der Waals surface area contributed by atoms with Crippen LogP contribution in [0.3, 0.4) is 0 Å². The van der Waals surface area contributed by atoms with Gasteiger partial charge in [0.1, 0.15) is 12.4 Å². The largest absolute Gasteiger partial charge is 0.492 e. The molecule has 152 valence electrons. The van der Waals surface area contributed by atoms with Gasteiger partial charge in [-0.3, -0.25) is 4.31 Å². The molecule has 0 amide bonds. The number of sulfonamides is 2. The molecule has 9 heteroatoms. The minimum Gasteiger partial charge on any atom is -0.492 e. The molecule has 3 aromatic carbocycles. The number of anilines is 1. The Kier molecular flexibility index (Phi) is 4.76. The number of nitrogens with zero attached hydrogens (tertiary/aromatic N) is 2. The van der Waals surface area contributed by atoms with Gasteiger partial charge >= 0.3 is 0 Å². The van der Waals surface area contributed by atoms with E-state index in [-0.39, 0.29) is 18.0 Å². The lowest BCUT2D eigenvalue weighted by atomic mass is 10.1. The zero-order chi connectivity index (χ0) is 20.8. The Morgan fingerprint density at radius 2 is 1.62 bits per heavy atom. The van der Waals surface area contributed by atoms with Crippen molar-refractivity contribution in [2.45, 2.75) is 9.79 Å². The van der Waals surface area contributed by atoms with Crippen LogP contribution in [0, 0.1) is 0 Å². The third-order valence-electron chi connectivity index (χ3n) is 4.85. The van der Waals surface area contributed by atoms with Crippen LogP contribution in [-0.4, -0.2) is 48.4 Å². The Morgan fingerprint density at radius 1 is 0.966 bits per heavy atom. The summed E-state index contributed by atoms with van der Waals surface area (Å²) in [7, 11) is -4.19. The third kappa shape index (κ3) is 3.25. The van der Waals surface area contributed by atoms with Crippen LogP contribution in [-0.2, 0) is 20.0 Å². The Labute approximate surface area is 170 Å². The Balaban J connectivity index is 1.50. The normalized spacial score (nSPS) is 15.2. The number of benzene rings is 3. The molecule has 0 aliphatic carbocycles. The topological polar surface area (TPSA) is 84.0 Å². The summed E-state index contributed by atoms with van der Waals surface area (Å²) in [5.74, 6) is 0.468. The van der Waals surface area contributed by atoms with Crippen molar-refractivity contribution in [3.05, 3.63) is 60.7 Å². The van der Waals surface area contributed by atoms with Gasteiger partial charge in [0.15, 0.2) is 0 Å². The molecule has 0 fully saturated rings. The molecule has 0 spiro atoms. The van der Waals surface area contributed by atoms with Crippen molar-refractivity contribution in [3.8, 4) is 5.75 Å². The maximum absolute atomic E-state index is 12.9. The molecule has 0 radical (unpaired) electrons. The van der Waals surface area contributed by atoms with Gasteiger partial charge in [0.25, 0.3) is 10.0 Å². The molecule has 0 saturated carbocycles. The first-order valence-corrected chi connectivity index (χ1v) is 11.8.